The molecule has 0 fully saturated rings. The molecule has 0 radical (unpaired) electrons. The van der Waals surface area contributed by atoms with Crippen LogP contribution in [-0.4, -0.2) is 6.29 Å². The molecule has 0 spiro atoms. The van der Waals surface area contributed by atoms with Crippen LogP contribution in [0.3, 0.4) is 0 Å². The zero-order valence-corrected chi connectivity index (χ0v) is 5.77. The second kappa shape index (κ2) is 2.27. The van der Waals surface area contributed by atoms with Crippen LogP contribution in [0.5, 0.6) is 0 Å². The van der Waals surface area contributed by atoms with E-state index in [1.807, 2.05) is 12.1 Å². The van der Waals surface area contributed by atoms with Gasteiger partial charge in [0.2, 0.25) is 6.17 Å². The van der Waals surface area contributed by atoms with Gasteiger partial charge in [-0.05, 0) is 0 Å². The Hall–Kier alpha value is -1.51. The number of aldehydes is 1. The van der Waals surface area contributed by atoms with Gasteiger partial charge in [0.05, 0.1) is 0 Å². The lowest BCUT2D eigenvalue weighted by Gasteiger charge is -1.93. The monoisotopic (exact) mass is 146 g/mol. The summed E-state index contributed by atoms with van der Waals surface area (Å²) in [5, 5.41) is 7.53. The Morgan fingerprint density at radius 2 is 1.82 bits per heavy atom. The molecular formula is C8H6N2O. The van der Waals surface area contributed by atoms with Gasteiger partial charge in [-0.15, -0.1) is 0 Å². The molecular weight excluding hydrogens is 140 g/mol. The smallest absolute Gasteiger partial charge is 0.206 e. The first-order valence-corrected chi connectivity index (χ1v) is 3.35. The zero-order valence-electron chi connectivity index (χ0n) is 5.77. The van der Waals surface area contributed by atoms with E-state index in [0.717, 1.165) is 11.8 Å². The molecule has 0 aliphatic carbocycles. The van der Waals surface area contributed by atoms with Gasteiger partial charge in [-0.3, -0.25) is 4.79 Å². The van der Waals surface area contributed by atoms with Crippen LogP contribution >= 0.6 is 0 Å². The maximum atomic E-state index is 10.3. The molecule has 0 unspecified atom stereocenters. The minimum absolute atomic E-state index is 0.0377. The number of hydrogen-bond acceptors (Lipinski definition) is 3. The summed E-state index contributed by atoms with van der Waals surface area (Å²) in [7, 11) is 0. The average molecular weight is 146 g/mol. The molecule has 1 aliphatic heterocycles. The van der Waals surface area contributed by atoms with Crippen molar-refractivity contribution in [2.45, 2.75) is 6.17 Å². The molecule has 0 saturated carbocycles. The highest BCUT2D eigenvalue weighted by atomic mass is 16.1. The molecule has 2 rings (SSSR count). The zero-order chi connectivity index (χ0) is 7.68. The number of carbonyl (C=O) groups is 1. The second-order valence-corrected chi connectivity index (χ2v) is 2.39. The van der Waals surface area contributed by atoms with Gasteiger partial charge in [-0.1, -0.05) is 24.3 Å². The van der Waals surface area contributed by atoms with Gasteiger partial charge in [-0.25, -0.2) is 0 Å². The standard InChI is InChI=1S/C8H6N2O/c11-5-6-1-3-7(4-2-6)8-9-10-8/h1-5,8H. The second-order valence-electron chi connectivity index (χ2n) is 2.39. The SMILES string of the molecule is O=Cc1ccc(C2N=N2)cc1. The van der Waals surface area contributed by atoms with E-state index in [1.54, 1.807) is 12.1 Å². The third-order valence-electron chi connectivity index (χ3n) is 1.60. The molecule has 1 aliphatic rings. The van der Waals surface area contributed by atoms with Crippen molar-refractivity contribution in [1.29, 1.82) is 0 Å². The van der Waals surface area contributed by atoms with Crippen molar-refractivity contribution in [2.24, 2.45) is 10.2 Å². The summed E-state index contributed by atoms with van der Waals surface area (Å²) >= 11 is 0. The topological polar surface area (TPSA) is 41.8 Å². The number of hydrogen-bond donors (Lipinski definition) is 0. The van der Waals surface area contributed by atoms with Crippen LogP contribution in [0.4, 0.5) is 0 Å². The van der Waals surface area contributed by atoms with Crippen molar-refractivity contribution >= 4 is 6.29 Å². The summed E-state index contributed by atoms with van der Waals surface area (Å²) in [6.45, 7) is 0. The molecule has 0 atom stereocenters. The van der Waals surface area contributed by atoms with Crippen LogP contribution in [0.2, 0.25) is 0 Å². The predicted octanol–water partition coefficient (Wildman–Crippen LogP) is 1.96. The Kier molecular flexibility index (Phi) is 1.28. The number of rotatable bonds is 2. The Balaban J connectivity index is 2.26. The predicted molar refractivity (Wildman–Crippen MR) is 39.4 cm³/mol. The highest BCUT2D eigenvalue weighted by Gasteiger charge is 2.17. The first-order chi connectivity index (χ1) is 5.40. The van der Waals surface area contributed by atoms with Gasteiger partial charge in [0, 0.05) is 11.1 Å². The number of nitrogens with zero attached hydrogens (tertiary/aromatic N) is 2. The molecule has 0 saturated heterocycles. The van der Waals surface area contributed by atoms with Crippen LogP contribution in [-0.2, 0) is 0 Å². The van der Waals surface area contributed by atoms with E-state index in [4.69, 9.17) is 0 Å². The Bertz CT molecular complexity index is 296. The van der Waals surface area contributed by atoms with Crippen LogP contribution in [0.25, 0.3) is 0 Å². The molecule has 1 heterocycles. The minimum atomic E-state index is 0.0377. The Morgan fingerprint density at radius 3 is 2.27 bits per heavy atom. The summed E-state index contributed by atoms with van der Waals surface area (Å²) in [5.74, 6) is 0. The molecule has 1 aromatic carbocycles. The third kappa shape index (κ3) is 1.17. The summed E-state index contributed by atoms with van der Waals surface area (Å²) in [4.78, 5) is 10.3. The highest BCUT2D eigenvalue weighted by molar-refractivity contribution is 5.74. The normalized spacial score (nSPS) is 14.9. The van der Waals surface area contributed by atoms with Gasteiger partial charge in [0.25, 0.3) is 0 Å². The van der Waals surface area contributed by atoms with Gasteiger partial charge in [0.1, 0.15) is 6.29 Å². The molecule has 0 bridgehead atoms. The van der Waals surface area contributed by atoms with E-state index in [0.29, 0.717) is 5.56 Å². The van der Waals surface area contributed by atoms with Crippen molar-refractivity contribution in [3.05, 3.63) is 35.4 Å². The van der Waals surface area contributed by atoms with E-state index in [9.17, 15) is 4.79 Å². The maximum absolute atomic E-state index is 10.3. The van der Waals surface area contributed by atoms with Crippen molar-refractivity contribution < 1.29 is 4.79 Å². The fraction of sp³-hybridized carbons (Fsp3) is 0.125. The van der Waals surface area contributed by atoms with Crippen molar-refractivity contribution in [2.75, 3.05) is 0 Å². The molecule has 11 heavy (non-hydrogen) atoms. The number of benzene rings is 1. The quantitative estimate of drug-likeness (QED) is 0.588. The first-order valence-electron chi connectivity index (χ1n) is 3.35. The molecule has 0 aromatic heterocycles. The highest BCUT2D eigenvalue weighted by Crippen LogP contribution is 2.30. The van der Waals surface area contributed by atoms with Gasteiger partial charge < -0.3 is 0 Å². The maximum Gasteiger partial charge on any atom is 0.206 e. The molecule has 1 aromatic rings. The molecule has 3 nitrogen and oxygen atoms in total. The average Bonchev–Trinajstić information content (AvgIpc) is 2.87. The van der Waals surface area contributed by atoms with E-state index < -0.39 is 0 Å². The van der Waals surface area contributed by atoms with E-state index in [1.165, 1.54) is 0 Å². The van der Waals surface area contributed by atoms with Gasteiger partial charge in [-0.2, -0.15) is 10.2 Å². The molecule has 3 heteroatoms. The van der Waals surface area contributed by atoms with Gasteiger partial charge in [0.15, 0.2) is 0 Å². The lowest BCUT2D eigenvalue weighted by atomic mass is 10.1. The van der Waals surface area contributed by atoms with Crippen LogP contribution < -0.4 is 0 Å². The van der Waals surface area contributed by atoms with Crippen molar-refractivity contribution in [3.63, 3.8) is 0 Å². The fourth-order valence-corrected chi connectivity index (χ4v) is 0.913. The first kappa shape index (κ1) is 6.22. The third-order valence-corrected chi connectivity index (χ3v) is 1.60. The lowest BCUT2D eigenvalue weighted by molar-refractivity contribution is 0.112. The van der Waals surface area contributed by atoms with Gasteiger partial charge >= 0.3 is 0 Å². The summed E-state index contributed by atoms with van der Waals surface area (Å²) < 4.78 is 0. The Labute approximate surface area is 63.8 Å². The molecule has 54 valence electrons. The van der Waals surface area contributed by atoms with Crippen LogP contribution in [0, 0.1) is 0 Å². The Morgan fingerprint density at radius 1 is 1.18 bits per heavy atom. The van der Waals surface area contributed by atoms with Crippen LogP contribution in [0.15, 0.2) is 34.5 Å². The van der Waals surface area contributed by atoms with Crippen LogP contribution in [0.1, 0.15) is 22.1 Å². The van der Waals surface area contributed by atoms with E-state index in [2.05, 4.69) is 10.2 Å². The minimum Gasteiger partial charge on any atom is -0.298 e. The summed E-state index contributed by atoms with van der Waals surface area (Å²) in [6.07, 6.45) is 0.862. The van der Waals surface area contributed by atoms with Crippen molar-refractivity contribution in [3.8, 4) is 0 Å². The fourth-order valence-electron chi connectivity index (χ4n) is 0.913. The van der Waals surface area contributed by atoms with E-state index >= 15 is 0 Å². The van der Waals surface area contributed by atoms with Crippen molar-refractivity contribution in [1.82, 2.24) is 0 Å². The lowest BCUT2D eigenvalue weighted by Crippen LogP contribution is -1.82. The summed E-state index contributed by atoms with van der Waals surface area (Å²) in [6, 6.07) is 7.28. The van der Waals surface area contributed by atoms with E-state index in [-0.39, 0.29) is 6.17 Å². The summed E-state index contributed by atoms with van der Waals surface area (Å²) in [5.41, 5.74) is 1.74. The molecule has 0 N–H and O–H groups in total. The molecule has 0 amide bonds. The largest absolute Gasteiger partial charge is 0.298 e. The number of carbonyl (C=O) groups excluding carboxylic acids is 1.